The quantitative estimate of drug-likeness (QED) is 0.739. The zero-order chi connectivity index (χ0) is 13.1. The van der Waals surface area contributed by atoms with Gasteiger partial charge in [-0.2, -0.15) is 5.10 Å². The van der Waals surface area contributed by atoms with Gasteiger partial charge >= 0.3 is 5.69 Å². The van der Waals surface area contributed by atoms with E-state index in [1.807, 2.05) is 0 Å². The molecule has 0 fully saturated rings. The van der Waals surface area contributed by atoms with Crippen molar-refractivity contribution in [2.75, 3.05) is 0 Å². The number of hydrogen-bond acceptors (Lipinski definition) is 3. The molecular weight excluding hydrogens is 239 g/mol. The van der Waals surface area contributed by atoms with Gasteiger partial charge < -0.3 is 5.32 Å². The Bertz CT molecular complexity index is 632. The van der Waals surface area contributed by atoms with Gasteiger partial charge in [0.1, 0.15) is 11.6 Å². The number of nitrogens with zero attached hydrogens (tertiary/aromatic N) is 1. The van der Waals surface area contributed by atoms with Gasteiger partial charge in [-0.1, -0.05) is 0 Å². The summed E-state index contributed by atoms with van der Waals surface area (Å²) in [6.07, 6.45) is 0. The first kappa shape index (κ1) is 12.0. The smallest absolute Gasteiger partial charge is 0.340 e. The fourth-order valence-corrected chi connectivity index (χ4v) is 1.44. The second-order valence-corrected chi connectivity index (χ2v) is 3.77. The number of aromatic nitrogens is 3. The number of benzene rings is 1. The average Bonchev–Trinajstić information content (AvgIpc) is 2.75. The maximum atomic E-state index is 13.0. The van der Waals surface area contributed by atoms with Gasteiger partial charge in [0.15, 0.2) is 0 Å². The van der Waals surface area contributed by atoms with Crippen LogP contribution in [0.3, 0.4) is 0 Å². The SMILES string of the molecule is Cc1cc(C(=O)NCc2n[nH]c(=O)[nH]2)ccc1F. The lowest BCUT2D eigenvalue weighted by Crippen LogP contribution is -2.23. The lowest BCUT2D eigenvalue weighted by Gasteiger charge is -2.04. The first-order valence-corrected chi connectivity index (χ1v) is 5.24. The van der Waals surface area contributed by atoms with E-state index in [-0.39, 0.29) is 18.3 Å². The molecule has 1 amide bonds. The van der Waals surface area contributed by atoms with E-state index in [4.69, 9.17) is 0 Å². The van der Waals surface area contributed by atoms with Gasteiger partial charge in [-0.15, -0.1) is 0 Å². The highest BCUT2D eigenvalue weighted by Gasteiger charge is 2.08. The highest BCUT2D eigenvalue weighted by molar-refractivity contribution is 5.94. The third-order valence-corrected chi connectivity index (χ3v) is 2.39. The van der Waals surface area contributed by atoms with Crippen LogP contribution in [0.5, 0.6) is 0 Å². The number of aromatic amines is 2. The fourth-order valence-electron chi connectivity index (χ4n) is 1.44. The minimum absolute atomic E-state index is 0.0913. The van der Waals surface area contributed by atoms with Crippen molar-refractivity contribution in [1.82, 2.24) is 20.5 Å². The van der Waals surface area contributed by atoms with Gasteiger partial charge in [-0.05, 0) is 30.7 Å². The van der Waals surface area contributed by atoms with Gasteiger partial charge in [-0.25, -0.2) is 14.3 Å². The summed E-state index contributed by atoms with van der Waals surface area (Å²) in [6, 6.07) is 4.09. The molecular formula is C11H11FN4O2. The van der Waals surface area contributed by atoms with Crippen LogP contribution in [0.4, 0.5) is 4.39 Å². The maximum absolute atomic E-state index is 13.0. The highest BCUT2D eigenvalue weighted by Crippen LogP contribution is 2.09. The minimum Gasteiger partial charge on any atom is -0.345 e. The number of halogens is 1. The number of carbonyl (C=O) groups excluding carboxylic acids is 1. The van der Waals surface area contributed by atoms with Crippen LogP contribution in [-0.4, -0.2) is 21.1 Å². The van der Waals surface area contributed by atoms with Crippen LogP contribution in [-0.2, 0) is 6.54 Å². The van der Waals surface area contributed by atoms with E-state index >= 15 is 0 Å². The van der Waals surface area contributed by atoms with E-state index in [9.17, 15) is 14.0 Å². The molecule has 18 heavy (non-hydrogen) atoms. The first-order chi connectivity index (χ1) is 8.56. The third-order valence-electron chi connectivity index (χ3n) is 2.39. The molecule has 0 unspecified atom stereocenters. The normalized spacial score (nSPS) is 10.3. The number of nitrogens with one attached hydrogen (secondary N) is 3. The standard InChI is InChI=1S/C11H11FN4O2/c1-6-4-7(2-3-8(6)12)10(17)13-5-9-14-11(18)16-15-9/h2-4H,5H2,1H3,(H,13,17)(H2,14,15,16,18). The Balaban J connectivity index is 2.03. The summed E-state index contributed by atoms with van der Waals surface area (Å²) in [7, 11) is 0. The number of amides is 1. The van der Waals surface area contributed by atoms with Crippen molar-refractivity contribution in [3.05, 3.63) is 51.5 Å². The van der Waals surface area contributed by atoms with Crippen molar-refractivity contribution < 1.29 is 9.18 Å². The molecule has 7 heteroatoms. The van der Waals surface area contributed by atoms with Crippen LogP contribution in [0, 0.1) is 12.7 Å². The Morgan fingerprint density at radius 2 is 2.28 bits per heavy atom. The number of carbonyl (C=O) groups is 1. The van der Waals surface area contributed by atoms with E-state index in [1.165, 1.54) is 18.2 Å². The lowest BCUT2D eigenvalue weighted by atomic mass is 10.1. The number of aryl methyl sites for hydroxylation is 1. The Morgan fingerprint density at radius 3 is 2.89 bits per heavy atom. The van der Waals surface area contributed by atoms with Crippen molar-refractivity contribution >= 4 is 5.91 Å². The Labute approximate surface area is 101 Å². The van der Waals surface area contributed by atoms with Crippen LogP contribution >= 0.6 is 0 Å². The third kappa shape index (κ3) is 2.62. The zero-order valence-corrected chi connectivity index (χ0v) is 9.58. The Hall–Kier alpha value is -2.44. The van der Waals surface area contributed by atoms with Gasteiger partial charge in [0, 0.05) is 5.56 Å². The maximum Gasteiger partial charge on any atom is 0.340 e. The molecule has 3 N–H and O–H groups in total. The van der Waals surface area contributed by atoms with E-state index in [1.54, 1.807) is 6.92 Å². The molecule has 1 heterocycles. The molecule has 0 saturated carbocycles. The number of H-pyrrole nitrogens is 2. The molecule has 0 radical (unpaired) electrons. The van der Waals surface area contributed by atoms with E-state index in [0.29, 0.717) is 17.0 Å². The summed E-state index contributed by atoms with van der Waals surface area (Å²) < 4.78 is 13.0. The van der Waals surface area contributed by atoms with E-state index in [0.717, 1.165) is 0 Å². The number of hydrogen-bond donors (Lipinski definition) is 3. The zero-order valence-electron chi connectivity index (χ0n) is 9.58. The molecule has 1 aromatic heterocycles. The van der Waals surface area contributed by atoms with Crippen molar-refractivity contribution in [2.45, 2.75) is 13.5 Å². The fraction of sp³-hybridized carbons (Fsp3) is 0.182. The topological polar surface area (TPSA) is 90.6 Å². The molecule has 0 aliphatic carbocycles. The van der Waals surface area contributed by atoms with Crippen molar-refractivity contribution in [3.63, 3.8) is 0 Å². The highest BCUT2D eigenvalue weighted by atomic mass is 19.1. The molecule has 0 aliphatic rings. The van der Waals surface area contributed by atoms with Crippen molar-refractivity contribution in [2.24, 2.45) is 0 Å². The summed E-state index contributed by atoms with van der Waals surface area (Å²) >= 11 is 0. The molecule has 2 aromatic rings. The average molecular weight is 250 g/mol. The van der Waals surface area contributed by atoms with E-state index in [2.05, 4.69) is 20.5 Å². The molecule has 94 valence electrons. The van der Waals surface area contributed by atoms with Crippen LogP contribution in [0.15, 0.2) is 23.0 Å². The molecule has 0 spiro atoms. The van der Waals surface area contributed by atoms with Gasteiger partial charge in [0.25, 0.3) is 5.91 Å². The van der Waals surface area contributed by atoms with Gasteiger partial charge in [-0.3, -0.25) is 9.78 Å². The van der Waals surface area contributed by atoms with Crippen LogP contribution in [0.1, 0.15) is 21.7 Å². The summed E-state index contributed by atoms with van der Waals surface area (Å²) in [5.74, 6) is -0.391. The molecule has 0 aliphatic heterocycles. The summed E-state index contributed by atoms with van der Waals surface area (Å²) in [5.41, 5.74) is 0.319. The number of rotatable bonds is 3. The summed E-state index contributed by atoms with van der Waals surface area (Å²) in [5, 5.41) is 8.39. The summed E-state index contributed by atoms with van der Waals surface area (Å²) in [4.78, 5) is 24.9. The van der Waals surface area contributed by atoms with Gasteiger partial charge in [0.05, 0.1) is 6.54 Å². The molecule has 0 saturated heterocycles. The second-order valence-electron chi connectivity index (χ2n) is 3.77. The second kappa shape index (κ2) is 4.82. The monoisotopic (exact) mass is 250 g/mol. The van der Waals surface area contributed by atoms with Crippen LogP contribution in [0.2, 0.25) is 0 Å². The minimum atomic E-state index is -0.433. The Kier molecular flexibility index (Phi) is 3.22. The molecule has 6 nitrogen and oxygen atoms in total. The largest absolute Gasteiger partial charge is 0.345 e. The lowest BCUT2D eigenvalue weighted by molar-refractivity contribution is 0.0950. The predicted octanol–water partition coefficient (Wildman–Crippen LogP) is 0.476. The Morgan fingerprint density at radius 1 is 1.50 bits per heavy atom. The molecule has 1 aromatic carbocycles. The molecule has 2 rings (SSSR count). The van der Waals surface area contributed by atoms with Crippen LogP contribution in [0.25, 0.3) is 0 Å². The van der Waals surface area contributed by atoms with E-state index < -0.39 is 5.69 Å². The van der Waals surface area contributed by atoms with Crippen molar-refractivity contribution in [1.29, 1.82) is 0 Å². The summed E-state index contributed by atoms with van der Waals surface area (Å²) in [6.45, 7) is 1.67. The molecule has 0 bridgehead atoms. The first-order valence-electron chi connectivity index (χ1n) is 5.24. The predicted molar refractivity (Wildman–Crippen MR) is 61.5 cm³/mol. The van der Waals surface area contributed by atoms with Crippen molar-refractivity contribution in [3.8, 4) is 0 Å². The van der Waals surface area contributed by atoms with Gasteiger partial charge in [0.2, 0.25) is 0 Å². The molecule has 0 atom stereocenters. The van der Waals surface area contributed by atoms with Crippen LogP contribution < -0.4 is 11.0 Å².